The highest BCUT2D eigenvalue weighted by Gasteiger charge is 2.07. The van der Waals surface area contributed by atoms with Crippen LogP contribution in [-0.4, -0.2) is 19.1 Å². The van der Waals surface area contributed by atoms with Crippen LogP contribution in [0.5, 0.6) is 0 Å². The molecule has 5 aromatic rings. The third-order valence-corrected chi connectivity index (χ3v) is 5.65. The average Bonchev–Trinajstić information content (AvgIpc) is 3.55. The third kappa shape index (κ3) is 4.91. The molecule has 0 atom stereocenters. The second-order valence-electron chi connectivity index (χ2n) is 7.95. The molecule has 2 aromatic heterocycles. The van der Waals surface area contributed by atoms with Crippen molar-refractivity contribution >= 4 is 0 Å². The summed E-state index contributed by atoms with van der Waals surface area (Å²) in [6.07, 6.45) is 10.5. The Balaban J connectivity index is 1.25. The van der Waals surface area contributed by atoms with Gasteiger partial charge in [0.05, 0.1) is 18.3 Å². The normalized spacial score (nSPS) is 11.1. The fraction of sp³-hybridized carbons (Fsp3) is 0.111. The van der Waals surface area contributed by atoms with E-state index >= 15 is 0 Å². The first kappa shape index (κ1) is 20.8. The summed E-state index contributed by atoms with van der Waals surface area (Å²) >= 11 is 0. The average molecular weight is 438 g/mol. The van der Waals surface area contributed by atoms with Gasteiger partial charge < -0.3 is 14.5 Å². The predicted octanol–water partition coefficient (Wildman–Crippen LogP) is 5.21. The van der Waals surface area contributed by atoms with E-state index in [0.717, 1.165) is 12.1 Å². The van der Waals surface area contributed by atoms with E-state index in [9.17, 15) is 4.39 Å². The number of nitrogens with one attached hydrogen (secondary N) is 1. The van der Waals surface area contributed by atoms with Gasteiger partial charge in [0.1, 0.15) is 5.82 Å². The van der Waals surface area contributed by atoms with Crippen LogP contribution in [0.2, 0.25) is 0 Å². The number of rotatable bonds is 8. The lowest BCUT2D eigenvalue weighted by molar-refractivity contribution is 0.611. The number of halogens is 1. The van der Waals surface area contributed by atoms with Crippen molar-refractivity contribution in [2.45, 2.75) is 19.6 Å². The van der Waals surface area contributed by atoms with Crippen molar-refractivity contribution in [1.29, 1.82) is 0 Å². The predicted molar refractivity (Wildman–Crippen MR) is 127 cm³/mol. The fourth-order valence-electron chi connectivity index (χ4n) is 3.95. The van der Waals surface area contributed by atoms with Crippen LogP contribution in [0.25, 0.3) is 16.8 Å². The van der Waals surface area contributed by atoms with Crippen LogP contribution in [0.15, 0.2) is 104 Å². The Hall–Kier alpha value is -4.03. The van der Waals surface area contributed by atoms with E-state index < -0.39 is 0 Å². The Bertz CT molecular complexity index is 1310. The maximum Gasteiger partial charge on any atom is 0.147 e. The Morgan fingerprint density at radius 1 is 0.788 bits per heavy atom. The molecule has 164 valence electrons. The number of hydrogen-bond donors (Lipinski definition) is 1. The van der Waals surface area contributed by atoms with Crippen molar-refractivity contribution in [2.75, 3.05) is 0 Å². The highest BCUT2D eigenvalue weighted by molar-refractivity contribution is 5.67. The molecule has 0 saturated heterocycles. The smallest absolute Gasteiger partial charge is 0.147 e. The summed E-state index contributed by atoms with van der Waals surface area (Å²) in [5, 5.41) is 3.45. The van der Waals surface area contributed by atoms with E-state index in [2.05, 4.69) is 62.3 Å². The molecule has 1 N–H and O–H groups in total. The lowest BCUT2D eigenvalue weighted by Crippen LogP contribution is -2.13. The maximum atomic E-state index is 14.5. The zero-order valence-corrected chi connectivity index (χ0v) is 18.1. The van der Waals surface area contributed by atoms with Gasteiger partial charge in [0.2, 0.25) is 0 Å². The molecule has 5 nitrogen and oxygen atoms in total. The molecular formula is C27H24FN5. The van der Waals surface area contributed by atoms with E-state index in [1.807, 2.05) is 24.7 Å². The standard InChI is InChI=1S/C27H24FN5/c28-26-15-22(7-10-27(26)33-14-12-30-20-33)16-31-17-24-3-1-2-4-25(24)23-8-5-21(6-9-23)18-32-13-11-29-19-32/h1-15,19-20,31H,16-18H2. The van der Waals surface area contributed by atoms with Gasteiger partial charge in [0.15, 0.2) is 0 Å². The number of aromatic nitrogens is 4. The number of hydrogen-bond acceptors (Lipinski definition) is 3. The first-order chi connectivity index (χ1) is 16.3. The topological polar surface area (TPSA) is 47.7 Å². The van der Waals surface area contributed by atoms with Crippen molar-refractivity contribution < 1.29 is 4.39 Å². The molecule has 33 heavy (non-hydrogen) atoms. The van der Waals surface area contributed by atoms with Crippen LogP contribution in [0, 0.1) is 5.82 Å². The molecule has 0 aliphatic rings. The first-order valence-electron chi connectivity index (χ1n) is 10.9. The SMILES string of the molecule is Fc1cc(CNCc2ccccc2-c2ccc(Cn3ccnc3)cc2)ccc1-n1ccnc1. The van der Waals surface area contributed by atoms with Crippen molar-refractivity contribution in [3.05, 3.63) is 127 Å². The van der Waals surface area contributed by atoms with Crippen LogP contribution in [0.1, 0.15) is 16.7 Å². The van der Waals surface area contributed by atoms with Crippen LogP contribution >= 0.6 is 0 Å². The molecule has 6 heteroatoms. The summed E-state index contributed by atoms with van der Waals surface area (Å²) in [6, 6.07) is 22.3. The zero-order chi connectivity index (χ0) is 22.5. The lowest BCUT2D eigenvalue weighted by Gasteiger charge is -2.12. The van der Waals surface area contributed by atoms with Crippen molar-refractivity contribution in [3.63, 3.8) is 0 Å². The van der Waals surface area contributed by atoms with Crippen LogP contribution < -0.4 is 5.32 Å². The van der Waals surface area contributed by atoms with E-state index in [-0.39, 0.29) is 5.82 Å². The Morgan fingerprint density at radius 3 is 2.33 bits per heavy atom. The second kappa shape index (κ2) is 9.63. The van der Waals surface area contributed by atoms with Crippen LogP contribution in [0.4, 0.5) is 4.39 Å². The van der Waals surface area contributed by atoms with Gasteiger partial charge in [-0.1, -0.05) is 54.6 Å². The first-order valence-corrected chi connectivity index (χ1v) is 10.9. The number of imidazole rings is 2. The molecule has 0 unspecified atom stereocenters. The molecule has 3 aromatic carbocycles. The molecule has 0 radical (unpaired) electrons. The summed E-state index contributed by atoms with van der Waals surface area (Å²) in [6.45, 7) is 2.08. The summed E-state index contributed by atoms with van der Waals surface area (Å²) in [5.41, 5.74) is 6.21. The monoisotopic (exact) mass is 437 g/mol. The summed E-state index contributed by atoms with van der Waals surface area (Å²) in [7, 11) is 0. The van der Waals surface area contributed by atoms with Crippen molar-refractivity contribution in [2.24, 2.45) is 0 Å². The van der Waals surface area contributed by atoms with Crippen LogP contribution in [-0.2, 0) is 19.6 Å². The molecule has 0 spiro atoms. The van der Waals surface area contributed by atoms with E-state index in [4.69, 9.17) is 0 Å². The van der Waals surface area contributed by atoms with Gasteiger partial charge in [-0.05, 0) is 39.9 Å². The highest BCUT2D eigenvalue weighted by atomic mass is 19.1. The molecule has 0 aliphatic heterocycles. The molecule has 5 rings (SSSR count). The number of nitrogens with zero attached hydrogens (tertiary/aromatic N) is 4. The van der Waals surface area contributed by atoms with Crippen molar-refractivity contribution in [1.82, 2.24) is 24.4 Å². The van der Waals surface area contributed by atoms with E-state index in [1.165, 1.54) is 22.3 Å². The summed E-state index contributed by atoms with van der Waals surface area (Å²) < 4.78 is 18.2. The van der Waals surface area contributed by atoms with E-state index in [1.54, 1.807) is 41.6 Å². The van der Waals surface area contributed by atoms with Gasteiger partial charge in [-0.25, -0.2) is 14.4 Å². The summed E-state index contributed by atoms with van der Waals surface area (Å²) in [4.78, 5) is 8.08. The van der Waals surface area contributed by atoms with Gasteiger partial charge in [-0.2, -0.15) is 0 Å². The van der Waals surface area contributed by atoms with E-state index in [0.29, 0.717) is 18.8 Å². The minimum atomic E-state index is -0.261. The minimum absolute atomic E-state index is 0.261. The van der Waals surface area contributed by atoms with Gasteiger partial charge in [-0.3, -0.25) is 0 Å². The molecule has 0 saturated carbocycles. The molecule has 0 aliphatic carbocycles. The Kier molecular flexibility index (Phi) is 6.08. The Morgan fingerprint density at radius 2 is 1.58 bits per heavy atom. The summed E-state index contributed by atoms with van der Waals surface area (Å²) in [5.74, 6) is -0.261. The number of benzene rings is 3. The van der Waals surface area contributed by atoms with Gasteiger partial charge >= 0.3 is 0 Å². The second-order valence-corrected chi connectivity index (χ2v) is 7.95. The molecule has 0 bridgehead atoms. The van der Waals surface area contributed by atoms with Gasteiger partial charge in [-0.15, -0.1) is 0 Å². The van der Waals surface area contributed by atoms with Gasteiger partial charge in [0.25, 0.3) is 0 Å². The molecule has 0 amide bonds. The van der Waals surface area contributed by atoms with Crippen molar-refractivity contribution in [3.8, 4) is 16.8 Å². The largest absolute Gasteiger partial charge is 0.333 e. The molecule has 2 heterocycles. The zero-order valence-electron chi connectivity index (χ0n) is 18.1. The quantitative estimate of drug-likeness (QED) is 0.362. The maximum absolute atomic E-state index is 14.5. The van der Waals surface area contributed by atoms with Crippen LogP contribution in [0.3, 0.4) is 0 Å². The third-order valence-electron chi connectivity index (χ3n) is 5.65. The van der Waals surface area contributed by atoms with Gasteiger partial charge in [0, 0.05) is 44.4 Å². The lowest BCUT2D eigenvalue weighted by atomic mass is 9.98. The minimum Gasteiger partial charge on any atom is -0.333 e. The molecule has 0 fully saturated rings. The molecular weight excluding hydrogens is 413 g/mol. The Labute approximate surface area is 192 Å². The highest BCUT2D eigenvalue weighted by Crippen LogP contribution is 2.24. The fourth-order valence-corrected chi connectivity index (χ4v) is 3.95.